The van der Waals surface area contributed by atoms with E-state index in [0.29, 0.717) is 22.7 Å². The second kappa shape index (κ2) is 5.61. The van der Waals surface area contributed by atoms with Gasteiger partial charge < -0.3 is 9.84 Å². The summed E-state index contributed by atoms with van der Waals surface area (Å²) in [6, 6.07) is 5.61. The Hall–Kier alpha value is -0.910. The van der Waals surface area contributed by atoms with Gasteiger partial charge in [0.05, 0.1) is 10.9 Å². The summed E-state index contributed by atoms with van der Waals surface area (Å²) in [5.74, 6) is 1.65. The van der Waals surface area contributed by atoms with Gasteiger partial charge >= 0.3 is 0 Å². The lowest BCUT2D eigenvalue weighted by molar-refractivity contribution is 0.322. The Balaban J connectivity index is 1.85. The highest BCUT2D eigenvalue weighted by Crippen LogP contribution is 2.29. The first-order valence-corrected chi connectivity index (χ1v) is 7.41. The highest BCUT2D eigenvalue weighted by Gasteiger charge is 2.21. The van der Waals surface area contributed by atoms with Crippen molar-refractivity contribution in [2.75, 3.05) is 13.1 Å². The van der Waals surface area contributed by atoms with E-state index in [4.69, 9.17) is 16.1 Å². The molecule has 0 saturated carbocycles. The molecule has 1 aliphatic heterocycles. The van der Waals surface area contributed by atoms with Gasteiger partial charge in [-0.25, -0.2) is 0 Å². The molecule has 1 saturated heterocycles. The third kappa shape index (κ3) is 2.83. The van der Waals surface area contributed by atoms with E-state index in [1.807, 2.05) is 18.2 Å². The second-order valence-electron chi connectivity index (χ2n) is 4.63. The molecular formula is C13H13BrClN3O. The highest BCUT2D eigenvalue weighted by atomic mass is 79.9. The van der Waals surface area contributed by atoms with Gasteiger partial charge in [-0.2, -0.15) is 4.98 Å². The second-order valence-corrected chi connectivity index (χ2v) is 5.89. The lowest BCUT2D eigenvalue weighted by Gasteiger charge is -2.18. The number of nitrogens with one attached hydrogen (secondary N) is 1. The van der Waals surface area contributed by atoms with Crippen LogP contribution in [0.5, 0.6) is 0 Å². The van der Waals surface area contributed by atoms with Crippen molar-refractivity contribution >= 4 is 27.5 Å². The minimum absolute atomic E-state index is 0.325. The van der Waals surface area contributed by atoms with Crippen LogP contribution in [0.2, 0.25) is 5.02 Å². The molecule has 0 radical (unpaired) electrons. The van der Waals surface area contributed by atoms with Gasteiger partial charge in [-0.05, 0) is 53.5 Å². The molecule has 0 unspecified atom stereocenters. The lowest BCUT2D eigenvalue weighted by Crippen LogP contribution is -2.28. The van der Waals surface area contributed by atoms with Crippen LogP contribution in [0.1, 0.15) is 24.7 Å². The molecule has 3 rings (SSSR count). The standard InChI is InChI=1S/C13H13BrClN3O/c14-10-6-8(3-4-11(10)15)12-17-13(19-18-12)9-2-1-5-16-7-9/h3-4,6,9,16H,1-2,5,7H2/t9-/m0/s1. The number of halogens is 2. The summed E-state index contributed by atoms with van der Waals surface area (Å²) in [6.07, 6.45) is 2.24. The fraction of sp³-hybridized carbons (Fsp3) is 0.385. The van der Waals surface area contributed by atoms with Gasteiger partial charge in [0.15, 0.2) is 0 Å². The van der Waals surface area contributed by atoms with Crippen molar-refractivity contribution in [3.63, 3.8) is 0 Å². The van der Waals surface area contributed by atoms with E-state index >= 15 is 0 Å². The average molecular weight is 343 g/mol. The molecule has 0 spiro atoms. The molecule has 19 heavy (non-hydrogen) atoms. The number of hydrogen-bond donors (Lipinski definition) is 1. The molecule has 4 nitrogen and oxygen atoms in total. The molecule has 2 aromatic rings. The van der Waals surface area contributed by atoms with Crippen molar-refractivity contribution < 1.29 is 4.52 Å². The summed E-state index contributed by atoms with van der Waals surface area (Å²) in [4.78, 5) is 4.49. The van der Waals surface area contributed by atoms with Gasteiger partial charge in [0.1, 0.15) is 0 Å². The molecule has 1 fully saturated rings. The summed E-state index contributed by atoms with van der Waals surface area (Å²) in [7, 11) is 0. The normalized spacial score (nSPS) is 19.6. The number of rotatable bonds is 2. The Morgan fingerprint density at radius 2 is 2.32 bits per heavy atom. The third-order valence-electron chi connectivity index (χ3n) is 3.27. The Kier molecular flexibility index (Phi) is 3.86. The molecule has 1 atom stereocenters. The molecular weight excluding hydrogens is 330 g/mol. The monoisotopic (exact) mass is 341 g/mol. The molecule has 0 aliphatic carbocycles. The predicted octanol–water partition coefficient (Wildman–Crippen LogP) is 3.62. The zero-order valence-corrected chi connectivity index (χ0v) is 12.5. The molecule has 6 heteroatoms. The fourth-order valence-electron chi connectivity index (χ4n) is 2.22. The van der Waals surface area contributed by atoms with Crippen molar-refractivity contribution in [2.45, 2.75) is 18.8 Å². The highest BCUT2D eigenvalue weighted by molar-refractivity contribution is 9.10. The van der Waals surface area contributed by atoms with Crippen molar-refractivity contribution in [1.82, 2.24) is 15.5 Å². The first-order valence-electron chi connectivity index (χ1n) is 6.24. The molecule has 1 aromatic heterocycles. The number of nitrogens with zero attached hydrogens (tertiary/aromatic N) is 2. The Morgan fingerprint density at radius 1 is 1.42 bits per heavy atom. The number of aromatic nitrogens is 2. The Labute approximate surface area is 124 Å². The Morgan fingerprint density at radius 3 is 3.05 bits per heavy atom. The molecule has 2 heterocycles. The van der Waals surface area contributed by atoms with E-state index in [0.717, 1.165) is 36.0 Å². The first kappa shape index (κ1) is 13.1. The van der Waals surface area contributed by atoms with Crippen molar-refractivity contribution in [2.24, 2.45) is 0 Å². The molecule has 1 aromatic carbocycles. The summed E-state index contributed by atoms with van der Waals surface area (Å²) in [5, 5.41) is 8.07. The van der Waals surface area contributed by atoms with E-state index in [2.05, 4.69) is 31.4 Å². The Bertz CT molecular complexity index is 581. The SMILES string of the molecule is Clc1ccc(-c2noc([C@H]3CCCNC3)n2)cc1Br. The van der Waals surface area contributed by atoms with Crippen LogP contribution in [0.15, 0.2) is 27.2 Å². The maximum Gasteiger partial charge on any atom is 0.231 e. The van der Waals surface area contributed by atoms with E-state index < -0.39 is 0 Å². The average Bonchev–Trinajstić information content (AvgIpc) is 2.93. The van der Waals surface area contributed by atoms with Crippen LogP contribution in [-0.2, 0) is 0 Å². The summed E-state index contributed by atoms with van der Waals surface area (Å²) in [6.45, 7) is 1.98. The van der Waals surface area contributed by atoms with Crippen molar-refractivity contribution in [3.8, 4) is 11.4 Å². The minimum atomic E-state index is 0.325. The van der Waals surface area contributed by atoms with Crippen LogP contribution < -0.4 is 5.32 Å². The van der Waals surface area contributed by atoms with E-state index in [1.54, 1.807) is 0 Å². The van der Waals surface area contributed by atoms with Gasteiger partial charge in [0.25, 0.3) is 0 Å². The third-order valence-corrected chi connectivity index (χ3v) is 4.48. The molecule has 1 aliphatic rings. The van der Waals surface area contributed by atoms with Crippen LogP contribution in [0.25, 0.3) is 11.4 Å². The molecule has 1 N–H and O–H groups in total. The largest absolute Gasteiger partial charge is 0.339 e. The zero-order chi connectivity index (χ0) is 13.2. The molecule has 0 amide bonds. The van der Waals surface area contributed by atoms with Gasteiger partial charge in [-0.1, -0.05) is 16.8 Å². The lowest BCUT2D eigenvalue weighted by atomic mass is 10.00. The fourth-order valence-corrected chi connectivity index (χ4v) is 2.71. The van der Waals surface area contributed by atoms with Crippen LogP contribution in [0.4, 0.5) is 0 Å². The van der Waals surface area contributed by atoms with Gasteiger partial charge in [-0.15, -0.1) is 0 Å². The maximum absolute atomic E-state index is 5.98. The summed E-state index contributed by atoms with van der Waals surface area (Å²) in [5.41, 5.74) is 0.898. The predicted molar refractivity (Wildman–Crippen MR) is 77.3 cm³/mol. The number of hydrogen-bond acceptors (Lipinski definition) is 4. The number of piperidine rings is 1. The molecule has 0 bridgehead atoms. The summed E-state index contributed by atoms with van der Waals surface area (Å²) < 4.78 is 6.21. The van der Waals surface area contributed by atoms with Gasteiger partial charge in [0.2, 0.25) is 11.7 Å². The maximum atomic E-state index is 5.98. The van der Waals surface area contributed by atoms with E-state index in [-0.39, 0.29) is 0 Å². The van der Waals surface area contributed by atoms with E-state index in [1.165, 1.54) is 0 Å². The topological polar surface area (TPSA) is 51.0 Å². The zero-order valence-electron chi connectivity index (χ0n) is 10.2. The van der Waals surface area contributed by atoms with Crippen LogP contribution in [0.3, 0.4) is 0 Å². The minimum Gasteiger partial charge on any atom is -0.339 e. The number of benzene rings is 1. The van der Waals surface area contributed by atoms with Crippen molar-refractivity contribution in [1.29, 1.82) is 0 Å². The van der Waals surface area contributed by atoms with Crippen molar-refractivity contribution in [3.05, 3.63) is 33.6 Å². The molecule has 100 valence electrons. The smallest absolute Gasteiger partial charge is 0.231 e. The van der Waals surface area contributed by atoms with Crippen LogP contribution in [-0.4, -0.2) is 23.2 Å². The summed E-state index contributed by atoms with van der Waals surface area (Å²) >= 11 is 9.37. The van der Waals surface area contributed by atoms with E-state index in [9.17, 15) is 0 Å². The van der Waals surface area contributed by atoms with Gasteiger partial charge in [-0.3, -0.25) is 0 Å². The van der Waals surface area contributed by atoms with Crippen LogP contribution in [0, 0.1) is 0 Å². The first-order chi connectivity index (χ1) is 9.24. The van der Waals surface area contributed by atoms with Crippen LogP contribution >= 0.6 is 27.5 Å². The quantitative estimate of drug-likeness (QED) is 0.905. The van der Waals surface area contributed by atoms with Gasteiger partial charge in [0, 0.05) is 16.6 Å².